The summed E-state index contributed by atoms with van der Waals surface area (Å²) in [5.74, 6) is 0.549. The van der Waals surface area contributed by atoms with Gasteiger partial charge in [-0.3, -0.25) is 9.51 Å². The van der Waals surface area contributed by atoms with Crippen molar-refractivity contribution in [3.8, 4) is 5.75 Å². The van der Waals surface area contributed by atoms with Crippen LogP contribution in [-0.4, -0.2) is 17.3 Å². The topological polar surface area (TPSA) is 94.1 Å². The highest BCUT2D eigenvalue weighted by Crippen LogP contribution is 2.15. The summed E-state index contributed by atoms with van der Waals surface area (Å²) in [7, 11) is 1.61. The maximum atomic E-state index is 10.8. The fourth-order valence-electron chi connectivity index (χ4n) is 1.51. The van der Waals surface area contributed by atoms with Crippen molar-refractivity contribution in [2.45, 2.75) is 12.5 Å². The molecule has 1 atom stereocenters. The Bertz CT molecular complexity index is 529. The molecule has 3 N–H and O–H groups in total. The number of hydrogen-bond donors (Lipinski definition) is 2. The summed E-state index contributed by atoms with van der Waals surface area (Å²) in [5.41, 5.74) is 6.92. The van der Waals surface area contributed by atoms with Crippen LogP contribution in [-0.2, 0) is 6.42 Å². The predicted octanol–water partition coefficient (Wildman–Crippen LogP) is 0.614. The molecule has 6 nitrogen and oxygen atoms in total. The van der Waals surface area contributed by atoms with Gasteiger partial charge in [0.15, 0.2) is 5.82 Å². The number of nitrogens with two attached hydrogens (primary N) is 1. The number of H-pyrrole nitrogens is 1. The third kappa shape index (κ3) is 2.73. The molecule has 0 aliphatic heterocycles. The second-order valence-electron chi connectivity index (χ2n) is 3.64. The van der Waals surface area contributed by atoms with E-state index in [9.17, 15) is 4.79 Å². The van der Waals surface area contributed by atoms with Gasteiger partial charge in [-0.15, -0.1) is 0 Å². The standard InChI is InChI=1S/C11H13N3O3/c1-16-8-4-2-7(3-5-8)6-9(12)10-13-11(15)17-14-10/h2-5,9H,6,12H2,1H3,(H,13,14,15). The number of rotatable bonds is 4. The van der Waals surface area contributed by atoms with Gasteiger partial charge in [0.2, 0.25) is 0 Å². The minimum absolute atomic E-state index is 0.353. The molecule has 0 spiro atoms. The van der Waals surface area contributed by atoms with Crippen LogP contribution in [0.1, 0.15) is 17.4 Å². The maximum Gasteiger partial charge on any atom is 0.438 e. The fraction of sp³-hybridized carbons (Fsp3) is 0.273. The molecule has 1 heterocycles. The van der Waals surface area contributed by atoms with Crippen molar-refractivity contribution in [1.82, 2.24) is 10.1 Å². The molecule has 0 aliphatic carbocycles. The van der Waals surface area contributed by atoms with Gasteiger partial charge < -0.3 is 10.5 Å². The van der Waals surface area contributed by atoms with Gasteiger partial charge in [0, 0.05) is 0 Å². The second-order valence-corrected chi connectivity index (χ2v) is 3.64. The SMILES string of the molecule is COc1ccc(CC(N)c2noc(=O)[nH]2)cc1. The van der Waals surface area contributed by atoms with Crippen molar-refractivity contribution in [2.24, 2.45) is 5.73 Å². The summed E-state index contributed by atoms with van der Waals surface area (Å²) < 4.78 is 9.45. The smallest absolute Gasteiger partial charge is 0.438 e. The van der Waals surface area contributed by atoms with Crippen molar-refractivity contribution in [1.29, 1.82) is 0 Å². The van der Waals surface area contributed by atoms with Crippen LogP contribution in [0.4, 0.5) is 0 Å². The zero-order valence-corrected chi connectivity index (χ0v) is 9.34. The number of aromatic nitrogens is 2. The van der Waals surface area contributed by atoms with Crippen LogP contribution in [0.2, 0.25) is 0 Å². The van der Waals surface area contributed by atoms with Gasteiger partial charge in [0.05, 0.1) is 13.2 Å². The van der Waals surface area contributed by atoms with E-state index < -0.39 is 11.8 Å². The normalized spacial score (nSPS) is 12.4. The van der Waals surface area contributed by atoms with Crippen LogP contribution in [0, 0.1) is 0 Å². The van der Waals surface area contributed by atoms with Crippen molar-refractivity contribution < 1.29 is 9.26 Å². The van der Waals surface area contributed by atoms with Crippen LogP contribution in [0.25, 0.3) is 0 Å². The van der Waals surface area contributed by atoms with Gasteiger partial charge in [0.1, 0.15) is 5.75 Å². The first kappa shape index (κ1) is 11.4. The van der Waals surface area contributed by atoms with Crippen LogP contribution in [0.3, 0.4) is 0 Å². The van der Waals surface area contributed by atoms with Crippen LogP contribution >= 0.6 is 0 Å². The van der Waals surface area contributed by atoms with Gasteiger partial charge in [0.25, 0.3) is 0 Å². The first-order valence-corrected chi connectivity index (χ1v) is 5.13. The summed E-state index contributed by atoms with van der Waals surface area (Å²) in [6.07, 6.45) is 0.562. The molecule has 0 saturated carbocycles. The molecule has 1 unspecified atom stereocenters. The van der Waals surface area contributed by atoms with Crippen molar-refractivity contribution in [2.75, 3.05) is 7.11 Å². The van der Waals surface area contributed by atoms with Crippen LogP contribution in [0.5, 0.6) is 5.75 Å². The third-order valence-corrected chi connectivity index (χ3v) is 2.42. The monoisotopic (exact) mass is 235 g/mol. The molecule has 6 heteroatoms. The predicted molar refractivity (Wildman–Crippen MR) is 60.8 cm³/mol. The Labute approximate surface area is 97.4 Å². The average Bonchev–Trinajstić information content (AvgIpc) is 2.77. The van der Waals surface area contributed by atoms with Gasteiger partial charge in [-0.25, -0.2) is 4.79 Å². The minimum atomic E-state index is -0.592. The molecule has 90 valence electrons. The molecule has 2 aromatic rings. The number of benzene rings is 1. The number of nitrogens with one attached hydrogen (secondary N) is 1. The highest BCUT2D eigenvalue weighted by atomic mass is 16.5. The molecule has 17 heavy (non-hydrogen) atoms. The highest BCUT2D eigenvalue weighted by molar-refractivity contribution is 5.27. The van der Waals surface area contributed by atoms with E-state index in [4.69, 9.17) is 10.5 Å². The summed E-state index contributed by atoms with van der Waals surface area (Å²) in [5, 5.41) is 3.55. The summed E-state index contributed by atoms with van der Waals surface area (Å²) in [6.45, 7) is 0. The minimum Gasteiger partial charge on any atom is -0.497 e. The maximum absolute atomic E-state index is 10.8. The molecule has 0 aliphatic rings. The first-order valence-electron chi connectivity index (χ1n) is 5.13. The van der Waals surface area contributed by atoms with Gasteiger partial charge in [-0.1, -0.05) is 17.3 Å². The Kier molecular flexibility index (Phi) is 3.24. The summed E-state index contributed by atoms with van der Waals surface area (Å²) >= 11 is 0. The largest absolute Gasteiger partial charge is 0.497 e. The Morgan fingerprint density at radius 3 is 2.71 bits per heavy atom. The Morgan fingerprint density at radius 2 is 2.18 bits per heavy atom. The zero-order chi connectivity index (χ0) is 12.3. The van der Waals surface area contributed by atoms with Crippen LogP contribution in [0.15, 0.2) is 33.6 Å². The van der Waals surface area contributed by atoms with E-state index in [1.807, 2.05) is 24.3 Å². The molecule has 0 saturated heterocycles. The van der Waals surface area contributed by atoms with Gasteiger partial charge in [-0.2, -0.15) is 0 Å². The average molecular weight is 235 g/mol. The molecule has 1 aromatic carbocycles. The lowest BCUT2D eigenvalue weighted by Crippen LogP contribution is -2.16. The van der Waals surface area contributed by atoms with Gasteiger partial charge in [-0.05, 0) is 24.1 Å². The Hall–Kier alpha value is -2.08. The number of hydrogen-bond acceptors (Lipinski definition) is 5. The fourth-order valence-corrected chi connectivity index (χ4v) is 1.51. The Balaban J connectivity index is 2.07. The second kappa shape index (κ2) is 4.84. The molecule has 0 amide bonds. The third-order valence-electron chi connectivity index (χ3n) is 2.42. The zero-order valence-electron chi connectivity index (χ0n) is 9.34. The van der Waals surface area contributed by atoms with Gasteiger partial charge >= 0.3 is 5.76 Å². The van der Waals surface area contributed by atoms with E-state index in [1.165, 1.54) is 0 Å². The Morgan fingerprint density at radius 1 is 1.47 bits per heavy atom. The number of nitrogens with zero attached hydrogens (tertiary/aromatic N) is 1. The first-order chi connectivity index (χ1) is 8.19. The van der Waals surface area contributed by atoms with E-state index >= 15 is 0 Å². The molecule has 0 bridgehead atoms. The summed E-state index contributed by atoms with van der Waals surface area (Å²) in [6, 6.07) is 7.14. The van der Waals surface area contributed by atoms with E-state index in [0.717, 1.165) is 11.3 Å². The van der Waals surface area contributed by atoms with E-state index in [1.54, 1.807) is 7.11 Å². The summed E-state index contributed by atoms with van der Waals surface area (Å²) in [4.78, 5) is 13.2. The molecule has 0 fully saturated rings. The van der Waals surface area contributed by atoms with Crippen LogP contribution < -0.4 is 16.2 Å². The molecular weight excluding hydrogens is 222 g/mol. The lowest BCUT2D eigenvalue weighted by atomic mass is 10.1. The van der Waals surface area contributed by atoms with E-state index in [2.05, 4.69) is 14.7 Å². The number of ether oxygens (including phenoxy) is 1. The van der Waals surface area contributed by atoms with E-state index in [-0.39, 0.29) is 0 Å². The van der Waals surface area contributed by atoms with Crippen molar-refractivity contribution >= 4 is 0 Å². The number of methoxy groups -OCH3 is 1. The quantitative estimate of drug-likeness (QED) is 0.809. The van der Waals surface area contributed by atoms with Crippen molar-refractivity contribution in [3.63, 3.8) is 0 Å². The molecule has 0 radical (unpaired) electrons. The molecule has 2 rings (SSSR count). The number of aromatic amines is 1. The van der Waals surface area contributed by atoms with E-state index in [0.29, 0.717) is 12.2 Å². The molecule has 1 aromatic heterocycles. The lowest BCUT2D eigenvalue weighted by Gasteiger charge is -2.08. The molecular formula is C11H13N3O3. The highest BCUT2D eigenvalue weighted by Gasteiger charge is 2.12. The van der Waals surface area contributed by atoms with Crippen molar-refractivity contribution in [3.05, 3.63) is 46.2 Å². The lowest BCUT2D eigenvalue weighted by molar-refractivity contribution is 0.377.